The fourth-order valence-electron chi connectivity index (χ4n) is 9.48. The highest BCUT2D eigenvalue weighted by Crippen LogP contribution is 2.45. The molecule has 8 aromatic carbocycles. The molecule has 3 nitrogen and oxygen atoms in total. The summed E-state index contributed by atoms with van der Waals surface area (Å²) in [7, 11) is 0. The second kappa shape index (κ2) is 14.5. The van der Waals surface area contributed by atoms with Gasteiger partial charge in [-0.25, -0.2) is 9.97 Å². The number of fused-ring (bicyclic) bond motifs is 8. The summed E-state index contributed by atoms with van der Waals surface area (Å²) in [5, 5.41) is 14.6. The fraction of sp³-hybridized carbons (Fsp3) is 0.0169. The van der Waals surface area contributed by atoms with Gasteiger partial charge in [-0.05, 0) is 155 Å². The van der Waals surface area contributed by atoms with E-state index < -0.39 is 0 Å². The topological polar surface area (TPSA) is 38.7 Å². The Morgan fingerprint density at radius 1 is 0.387 bits per heavy atom. The van der Waals surface area contributed by atoms with Crippen LogP contribution in [0.2, 0.25) is 0 Å². The zero-order valence-corrected chi connectivity index (χ0v) is 34.0. The van der Waals surface area contributed by atoms with Crippen molar-refractivity contribution in [3.63, 3.8) is 0 Å². The van der Waals surface area contributed by atoms with Crippen molar-refractivity contribution in [1.82, 2.24) is 15.0 Å². The quantitative estimate of drug-likeness (QED) is 0.0991. The second-order valence-corrected chi connectivity index (χ2v) is 16.1. The minimum Gasteiger partial charge on any atom is -0.255 e. The first-order valence-corrected chi connectivity index (χ1v) is 21.1. The highest BCUT2D eigenvalue weighted by atomic mass is 14.8. The van der Waals surface area contributed by atoms with Gasteiger partial charge in [-0.15, -0.1) is 5.73 Å². The third kappa shape index (κ3) is 5.95. The van der Waals surface area contributed by atoms with Crippen molar-refractivity contribution >= 4 is 70.2 Å². The molecule has 12 rings (SSSR count). The molecule has 0 unspecified atom stereocenters. The molecule has 0 atom stereocenters. The summed E-state index contributed by atoms with van der Waals surface area (Å²) in [4.78, 5) is 15.2. The van der Waals surface area contributed by atoms with Crippen LogP contribution in [-0.4, -0.2) is 15.0 Å². The first-order valence-electron chi connectivity index (χ1n) is 21.1. The number of rotatable bonds is 5. The molecule has 3 heteroatoms. The minimum atomic E-state index is 0.830. The molecular weight excluding hydrogens is 751 g/mol. The summed E-state index contributed by atoms with van der Waals surface area (Å²) in [5.74, 6) is 0. The van der Waals surface area contributed by atoms with Gasteiger partial charge in [-0.2, -0.15) is 0 Å². The zero-order chi connectivity index (χ0) is 41.1. The van der Waals surface area contributed by atoms with E-state index in [1.54, 1.807) is 0 Å². The highest BCUT2D eigenvalue weighted by molar-refractivity contribution is 6.25. The molecule has 1 aliphatic rings. The summed E-state index contributed by atoms with van der Waals surface area (Å²) in [6.07, 6.45) is 9.96. The molecule has 0 aliphatic heterocycles. The van der Waals surface area contributed by atoms with E-state index in [-0.39, 0.29) is 0 Å². The molecule has 0 N–H and O–H groups in total. The average molecular weight is 788 g/mol. The number of pyridine rings is 3. The Morgan fingerprint density at radius 3 is 1.92 bits per heavy atom. The molecule has 0 saturated heterocycles. The lowest BCUT2D eigenvalue weighted by Crippen LogP contribution is -1.96. The Kier molecular flexibility index (Phi) is 8.35. The Hall–Kier alpha value is -8.23. The summed E-state index contributed by atoms with van der Waals surface area (Å²) in [5.41, 5.74) is 14.4. The summed E-state index contributed by atoms with van der Waals surface area (Å²) >= 11 is 0. The predicted molar refractivity (Wildman–Crippen MR) is 261 cm³/mol. The molecule has 0 radical (unpaired) electrons. The average Bonchev–Trinajstić information content (AvgIpc) is 3.56. The van der Waals surface area contributed by atoms with Crippen molar-refractivity contribution in [1.29, 1.82) is 0 Å². The maximum absolute atomic E-state index is 5.37. The molecule has 3 aromatic heterocycles. The fourth-order valence-corrected chi connectivity index (χ4v) is 9.48. The highest BCUT2D eigenvalue weighted by Gasteiger charge is 2.19. The predicted octanol–water partition coefficient (Wildman–Crippen LogP) is 15.5. The van der Waals surface area contributed by atoms with Gasteiger partial charge in [0.2, 0.25) is 0 Å². The third-order valence-corrected chi connectivity index (χ3v) is 12.4. The van der Waals surface area contributed by atoms with E-state index in [1.165, 1.54) is 65.0 Å². The van der Waals surface area contributed by atoms with Gasteiger partial charge in [0.15, 0.2) is 0 Å². The second-order valence-electron chi connectivity index (χ2n) is 16.1. The van der Waals surface area contributed by atoms with Gasteiger partial charge in [0.1, 0.15) is 0 Å². The first kappa shape index (κ1) is 35.7. The third-order valence-electron chi connectivity index (χ3n) is 12.4. The Morgan fingerprint density at radius 2 is 1.03 bits per heavy atom. The zero-order valence-electron chi connectivity index (χ0n) is 34.0. The molecule has 0 amide bonds. The van der Waals surface area contributed by atoms with Crippen LogP contribution in [0.4, 0.5) is 0 Å². The lowest BCUT2D eigenvalue weighted by atomic mass is 9.85. The number of allylic oxidation sites excluding steroid dienone is 5. The minimum absolute atomic E-state index is 0.830. The van der Waals surface area contributed by atoms with Crippen LogP contribution in [0.3, 0.4) is 0 Å². The number of nitrogens with zero attached hydrogens (tertiary/aromatic N) is 3. The SMILES string of the molecule is CC1=C=CC=CC=C1c1cccc(-c2cc(-c3cccc(-c4ccccn4)n3)cc3c2ccc2c(-c4cccc5c4ccc4cc6ccccc6cc45)c4ccccc4cc23)n1. The van der Waals surface area contributed by atoms with E-state index in [0.717, 1.165) is 61.5 Å². The van der Waals surface area contributed by atoms with E-state index >= 15 is 0 Å². The normalized spacial score (nSPS) is 12.7. The molecule has 1 aliphatic carbocycles. The summed E-state index contributed by atoms with van der Waals surface area (Å²) in [6, 6.07) is 63.6. The molecule has 0 bridgehead atoms. The van der Waals surface area contributed by atoms with Crippen molar-refractivity contribution in [2.75, 3.05) is 0 Å². The van der Waals surface area contributed by atoms with Crippen LogP contribution in [0.1, 0.15) is 12.6 Å². The largest absolute Gasteiger partial charge is 0.255 e. The number of hydrogen-bond donors (Lipinski definition) is 0. The van der Waals surface area contributed by atoms with Crippen LogP contribution in [0.5, 0.6) is 0 Å². The van der Waals surface area contributed by atoms with Crippen molar-refractivity contribution in [3.05, 3.63) is 223 Å². The van der Waals surface area contributed by atoms with Gasteiger partial charge in [0.05, 0.1) is 28.5 Å². The molecule has 0 saturated carbocycles. The Bertz CT molecular complexity index is 3790. The lowest BCUT2D eigenvalue weighted by molar-refractivity contribution is 1.25. The van der Waals surface area contributed by atoms with Crippen molar-refractivity contribution in [3.8, 4) is 45.0 Å². The standard InChI is InChI=1S/C59H37N3/c1-37-14-3-2-4-18-43(37)55-24-13-25-56(62-55)53-36-42(54-23-12-26-58(61-54)57-22-9-10-31-60-57)35-51-47(53)29-30-49-52(51)34-40-17-7-8-19-44(40)59(49)48-21-11-20-45-46(48)28-27-41-32-38-15-5-6-16-39(38)33-50(41)45/h2-13,15-36H,1H3. The van der Waals surface area contributed by atoms with Gasteiger partial charge in [0, 0.05) is 28.5 Å². The van der Waals surface area contributed by atoms with Crippen LogP contribution >= 0.6 is 0 Å². The molecule has 0 fully saturated rings. The van der Waals surface area contributed by atoms with Crippen molar-refractivity contribution in [2.24, 2.45) is 0 Å². The van der Waals surface area contributed by atoms with Crippen LogP contribution in [0.25, 0.3) is 115 Å². The van der Waals surface area contributed by atoms with Crippen LogP contribution in [0, 0.1) is 0 Å². The maximum Gasteiger partial charge on any atom is 0.0893 e. The van der Waals surface area contributed by atoms with Gasteiger partial charge < -0.3 is 0 Å². The van der Waals surface area contributed by atoms with E-state index in [9.17, 15) is 0 Å². The Balaban J connectivity index is 1.15. The number of hydrogen-bond acceptors (Lipinski definition) is 3. The maximum atomic E-state index is 5.37. The van der Waals surface area contributed by atoms with E-state index in [2.05, 4.69) is 181 Å². The monoisotopic (exact) mass is 787 g/mol. The summed E-state index contributed by atoms with van der Waals surface area (Å²) in [6.45, 7) is 2.09. The molecule has 11 aromatic rings. The molecule has 0 spiro atoms. The van der Waals surface area contributed by atoms with Crippen LogP contribution < -0.4 is 0 Å². The van der Waals surface area contributed by atoms with Gasteiger partial charge >= 0.3 is 0 Å². The van der Waals surface area contributed by atoms with E-state index in [0.29, 0.717) is 0 Å². The Labute approximate surface area is 359 Å². The number of benzene rings is 8. The van der Waals surface area contributed by atoms with Gasteiger partial charge in [0.25, 0.3) is 0 Å². The lowest BCUT2D eigenvalue weighted by Gasteiger charge is -2.18. The van der Waals surface area contributed by atoms with E-state index in [4.69, 9.17) is 9.97 Å². The summed E-state index contributed by atoms with van der Waals surface area (Å²) < 4.78 is 0. The molecule has 62 heavy (non-hydrogen) atoms. The smallest absolute Gasteiger partial charge is 0.0893 e. The van der Waals surface area contributed by atoms with Gasteiger partial charge in [-0.3, -0.25) is 4.98 Å². The molecular formula is C59H37N3. The van der Waals surface area contributed by atoms with Crippen molar-refractivity contribution < 1.29 is 0 Å². The van der Waals surface area contributed by atoms with Gasteiger partial charge in [-0.1, -0.05) is 127 Å². The molecule has 288 valence electrons. The van der Waals surface area contributed by atoms with Crippen LogP contribution in [-0.2, 0) is 0 Å². The van der Waals surface area contributed by atoms with Crippen LogP contribution in [0.15, 0.2) is 218 Å². The number of aromatic nitrogens is 3. The first-order chi connectivity index (χ1) is 30.6. The van der Waals surface area contributed by atoms with Crippen molar-refractivity contribution in [2.45, 2.75) is 6.92 Å². The molecule has 3 heterocycles. The van der Waals surface area contributed by atoms with E-state index in [1.807, 2.05) is 42.6 Å².